The molecule has 0 unspecified atom stereocenters. The summed E-state index contributed by atoms with van der Waals surface area (Å²) in [5.41, 5.74) is 8.99. The van der Waals surface area contributed by atoms with Crippen molar-refractivity contribution < 1.29 is 9.32 Å². The van der Waals surface area contributed by atoms with Crippen LogP contribution in [0.15, 0.2) is 16.9 Å². The molecule has 1 saturated heterocycles. The van der Waals surface area contributed by atoms with Crippen molar-refractivity contribution in [3.05, 3.63) is 29.5 Å². The van der Waals surface area contributed by atoms with E-state index in [0.717, 1.165) is 54.3 Å². The third-order valence-electron chi connectivity index (χ3n) is 4.32. The van der Waals surface area contributed by atoms with E-state index in [-0.39, 0.29) is 12.5 Å². The number of amides is 1. The largest absolute Gasteiger partial charge is 0.361 e. The molecule has 0 radical (unpaired) electrons. The van der Waals surface area contributed by atoms with Gasteiger partial charge in [0.1, 0.15) is 12.1 Å². The van der Waals surface area contributed by atoms with E-state index >= 15 is 0 Å². The van der Waals surface area contributed by atoms with Crippen molar-refractivity contribution in [2.45, 2.75) is 26.7 Å². The lowest BCUT2D eigenvalue weighted by molar-refractivity contribution is -0.128. The van der Waals surface area contributed by atoms with Crippen LogP contribution in [0.1, 0.15) is 23.6 Å². The molecule has 1 amide bonds. The number of likely N-dealkylation sites (tertiary alicyclic amines) is 1. The number of nitrogens with zero attached hydrogens (tertiary/aromatic N) is 4. The van der Waals surface area contributed by atoms with Gasteiger partial charge in [0, 0.05) is 18.8 Å². The van der Waals surface area contributed by atoms with Gasteiger partial charge in [-0.25, -0.2) is 9.97 Å². The summed E-state index contributed by atoms with van der Waals surface area (Å²) in [5, 5.41) is 3.97. The van der Waals surface area contributed by atoms with Crippen LogP contribution in [0.2, 0.25) is 0 Å². The molecule has 0 aliphatic carbocycles. The summed E-state index contributed by atoms with van der Waals surface area (Å²) in [6.45, 7) is 5.39. The zero-order valence-corrected chi connectivity index (χ0v) is 13.5. The topological polar surface area (TPSA) is 98.1 Å². The number of carbonyl (C=O) groups is 1. The average Bonchev–Trinajstić information content (AvgIpc) is 3.14. The molecular formula is C16H21N5O2. The van der Waals surface area contributed by atoms with Gasteiger partial charge < -0.3 is 15.2 Å². The summed E-state index contributed by atoms with van der Waals surface area (Å²) >= 11 is 0. The molecule has 2 aromatic heterocycles. The first kappa shape index (κ1) is 15.6. The fourth-order valence-electron chi connectivity index (χ4n) is 3.15. The summed E-state index contributed by atoms with van der Waals surface area (Å²) in [4.78, 5) is 22.2. The third-order valence-corrected chi connectivity index (χ3v) is 4.32. The number of carbonyl (C=O) groups excluding carboxylic acids is 1. The van der Waals surface area contributed by atoms with E-state index in [1.54, 1.807) is 6.33 Å². The van der Waals surface area contributed by atoms with Crippen LogP contribution in [0.3, 0.4) is 0 Å². The van der Waals surface area contributed by atoms with Crippen molar-refractivity contribution in [2.24, 2.45) is 11.7 Å². The Bertz CT molecular complexity index is 693. The molecule has 1 atom stereocenters. The minimum atomic E-state index is 0.0200. The quantitative estimate of drug-likeness (QED) is 0.907. The van der Waals surface area contributed by atoms with Gasteiger partial charge in [-0.1, -0.05) is 5.16 Å². The highest BCUT2D eigenvalue weighted by molar-refractivity contribution is 5.78. The Morgan fingerprint density at radius 3 is 2.96 bits per heavy atom. The van der Waals surface area contributed by atoms with Crippen LogP contribution in [0.4, 0.5) is 0 Å². The summed E-state index contributed by atoms with van der Waals surface area (Å²) in [7, 11) is 0. The highest BCUT2D eigenvalue weighted by Gasteiger charge is 2.26. The fraction of sp³-hybridized carbons (Fsp3) is 0.500. The lowest BCUT2D eigenvalue weighted by Crippen LogP contribution is -2.34. The SMILES string of the molecule is Cc1noc(C)c1-c1cc(C[C@@H]2CCN(C(=O)CN)C2)ncn1. The Hall–Kier alpha value is -2.28. The molecule has 0 saturated carbocycles. The summed E-state index contributed by atoms with van der Waals surface area (Å²) < 4.78 is 5.21. The van der Waals surface area contributed by atoms with Crippen LogP contribution in [-0.2, 0) is 11.2 Å². The van der Waals surface area contributed by atoms with Crippen molar-refractivity contribution in [3.63, 3.8) is 0 Å². The first-order valence-corrected chi connectivity index (χ1v) is 7.80. The molecule has 1 aliphatic heterocycles. The Morgan fingerprint density at radius 1 is 1.43 bits per heavy atom. The zero-order chi connectivity index (χ0) is 16.4. The van der Waals surface area contributed by atoms with E-state index < -0.39 is 0 Å². The summed E-state index contributed by atoms with van der Waals surface area (Å²) in [6.07, 6.45) is 3.39. The predicted octanol–water partition coefficient (Wildman–Crippen LogP) is 1.10. The molecule has 7 nitrogen and oxygen atoms in total. The second kappa shape index (κ2) is 6.45. The molecule has 7 heteroatoms. The molecule has 0 spiro atoms. The number of aromatic nitrogens is 3. The monoisotopic (exact) mass is 315 g/mol. The maximum Gasteiger partial charge on any atom is 0.236 e. The molecule has 122 valence electrons. The lowest BCUT2D eigenvalue weighted by atomic mass is 10.0. The van der Waals surface area contributed by atoms with Crippen LogP contribution in [0, 0.1) is 19.8 Å². The molecule has 0 bridgehead atoms. The van der Waals surface area contributed by atoms with E-state index in [0.29, 0.717) is 5.92 Å². The van der Waals surface area contributed by atoms with Crippen LogP contribution >= 0.6 is 0 Å². The van der Waals surface area contributed by atoms with Crippen molar-refractivity contribution in [1.82, 2.24) is 20.0 Å². The van der Waals surface area contributed by atoms with Gasteiger partial charge in [0.05, 0.1) is 23.5 Å². The first-order valence-electron chi connectivity index (χ1n) is 7.80. The van der Waals surface area contributed by atoms with Crippen LogP contribution in [0.25, 0.3) is 11.3 Å². The van der Waals surface area contributed by atoms with Crippen LogP contribution < -0.4 is 5.73 Å². The lowest BCUT2D eigenvalue weighted by Gasteiger charge is -2.15. The Morgan fingerprint density at radius 2 is 2.26 bits per heavy atom. The van der Waals surface area contributed by atoms with Gasteiger partial charge in [-0.2, -0.15) is 0 Å². The average molecular weight is 315 g/mol. The van der Waals surface area contributed by atoms with Gasteiger partial charge in [0.2, 0.25) is 5.91 Å². The van der Waals surface area contributed by atoms with Gasteiger partial charge in [-0.3, -0.25) is 4.79 Å². The number of aryl methyl sites for hydroxylation is 2. The third kappa shape index (κ3) is 3.24. The number of rotatable bonds is 4. The zero-order valence-electron chi connectivity index (χ0n) is 13.5. The smallest absolute Gasteiger partial charge is 0.236 e. The Labute approximate surface area is 134 Å². The highest BCUT2D eigenvalue weighted by atomic mass is 16.5. The van der Waals surface area contributed by atoms with Gasteiger partial charge >= 0.3 is 0 Å². The molecule has 0 aromatic carbocycles. The molecule has 3 heterocycles. The van der Waals surface area contributed by atoms with Gasteiger partial charge in [0.25, 0.3) is 0 Å². The fourth-order valence-corrected chi connectivity index (χ4v) is 3.15. The van der Waals surface area contributed by atoms with E-state index in [9.17, 15) is 4.79 Å². The Kier molecular flexibility index (Phi) is 4.38. The number of nitrogens with two attached hydrogens (primary N) is 1. The molecule has 1 aliphatic rings. The van der Waals surface area contributed by atoms with E-state index in [4.69, 9.17) is 10.3 Å². The highest BCUT2D eigenvalue weighted by Crippen LogP contribution is 2.26. The predicted molar refractivity (Wildman–Crippen MR) is 84.4 cm³/mol. The van der Waals surface area contributed by atoms with Crippen molar-refractivity contribution in [1.29, 1.82) is 0 Å². The first-order chi connectivity index (χ1) is 11.1. The number of hydrogen-bond donors (Lipinski definition) is 1. The standard InChI is InChI=1S/C16H21N5O2/c1-10-16(11(2)23-20-10)14-6-13(18-9-19-14)5-12-3-4-21(8-12)15(22)7-17/h6,9,12H,3-5,7-8,17H2,1-2H3/t12-/m0/s1. The van der Waals surface area contributed by atoms with E-state index in [2.05, 4.69) is 15.1 Å². The molecular weight excluding hydrogens is 294 g/mol. The van der Waals surface area contributed by atoms with Gasteiger partial charge in [0.15, 0.2) is 0 Å². The molecule has 1 fully saturated rings. The van der Waals surface area contributed by atoms with E-state index in [1.807, 2.05) is 24.8 Å². The molecule has 23 heavy (non-hydrogen) atoms. The van der Waals surface area contributed by atoms with E-state index in [1.165, 1.54) is 0 Å². The second-order valence-electron chi connectivity index (χ2n) is 6.00. The molecule has 2 N–H and O–H groups in total. The van der Waals surface area contributed by atoms with Gasteiger partial charge in [-0.05, 0) is 38.7 Å². The molecule has 2 aromatic rings. The minimum Gasteiger partial charge on any atom is -0.361 e. The molecule has 3 rings (SSSR count). The number of hydrogen-bond acceptors (Lipinski definition) is 6. The maximum absolute atomic E-state index is 11.7. The Balaban J connectivity index is 1.73. The van der Waals surface area contributed by atoms with Gasteiger partial charge in [-0.15, -0.1) is 0 Å². The van der Waals surface area contributed by atoms with Crippen LogP contribution in [0.5, 0.6) is 0 Å². The second-order valence-corrected chi connectivity index (χ2v) is 6.00. The summed E-state index contributed by atoms with van der Waals surface area (Å²) in [5.74, 6) is 1.19. The van der Waals surface area contributed by atoms with Crippen molar-refractivity contribution >= 4 is 5.91 Å². The van der Waals surface area contributed by atoms with Crippen molar-refractivity contribution in [3.8, 4) is 11.3 Å². The van der Waals surface area contributed by atoms with Crippen LogP contribution in [-0.4, -0.2) is 45.6 Å². The summed E-state index contributed by atoms with van der Waals surface area (Å²) in [6, 6.07) is 1.99. The minimum absolute atomic E-state index is 0.0200. The maximum atomic E-state index is 11.7. The van der Waals surface area contributed by atoms with Crippen molar-refractivity contribution in [2.75, 3.05) is 19.6 Å². The normalized spacial score (nSPS) is 17.7.